The molecule has 27 heavy (non-hydrogen) atoms. The monoisotopic (exact) mass is 384 g/mol. The minimum absolute atomic E-state index is 0.105. The minimum atomic E-state index is -2.75. The van der Waals surface area contributed by atoms with Crippen molar-refractivity contribution in [3.05, 3.63) is 60.7 Å². The molecule has 2 aromatic rings. The molecular formula is C22H28O4Si. The van der Waals surface area contributed by atoms with E-state index >= 15 is 0 Å². The first kappa shape index (κ1) is 21.1. The number of hydrogen-bond acceptors (Lipinski definition) is 4. The van der Waals surface area contributed by atoms with Gasteiger partial charge in [0.05, 0.1) is 13.2 Å². The Morgan fingerprint density at radius 3 is 1.78 bits per heavy atom. The van der Waals surface area contributed by atoms with Crippen molar-refractivity contribution in [2.75, 3.05) is 13.2 Å². The van der Waals surface area contributed by atoms with E-state index in [0.29, 0.717) is 0 Å². The van der Waals surface area contributed by atoms with Crippen LogP contribution in [0.25, 0.3) is 0 Å². The highest BCUT2D eigenvalue weighted by molar-refractivity contribution is 6.99. The maximum Gasteiger partial charge on any atom is 0.313 e. The van der Waals surface area contributed by atoms with Crippen LogP contribution in [0.3, 0.4) is 0 Å². The predicted molar refractivity (Wildman–Crippen MR) is 110 cm³/mol. The van der Waals surface area contributed by atoms with Crippen LogP contribution in [0.15, 0.2) is 60.7 Å². The molecule has 0 saturated heterocycles. The summed E-state index contributed by atoms with van der Waals surface area (Å²) in [6, 6.07) is 20.2. The summed E-state index contributed by atoms with van der Waals surface area (Å²) in [5, 5.41) is 2.00. The van der Waals surface area contributed by atoms with Crippen molar-refractivity contribution >= 4 is 30.4 Å². The number of Topliss-reactive ketones (excluding diaryl/α,β-unsaturated/α-hetero) is 1. The molecule has 2 aromatic carbocycles. The summed E-state index contributed by atoms with van der Waals surface area (Å²) >= 11 is 0. The van der Waals surface area contributed by atoms with E-state index in [1.165, 1.54) is 0 Å². The Hall–Kier alpha value is -2.24. The quantitative estimate of drug-likeness (QED) is 0.399. The highest BCUT2D eigenvalue weighted by Crippen LogP contribution is 2.36. The molecule has 2 rings (SSSR count). The Labute approximate surface area is 162 Å². The number of benzene rings is 2. The fourth-order valence-electron chi connectivity index (χ4n) is 3.37. The van der Waals surface area contributed by atoms with Crippen molar-refractivity contribution in [3.8, 4) is 0 Å². The molecule has 0 aromatic heterocycles. The second kappa shape index (κ2) is 9.11. The van der Waals surface area contributed by atoms with Gasteiger partial charge in [0.2, 0.25) is 0 Å². The maximum absolute atomic E-state index is 12.4. The molecule has 0 amide bonds. The molecule has 0 bridgehead atoms. The number of hydrogen-bond donors (Lipinski definition) is 0. The predicted octanol–water partition coefficient (Wildman–Crippen LogP) is 3.09. The van der Waals surface area contributed by atoms with Gasteiger partial charge in [-0.25, -0.2) is 0 Å². The number of esters is 1. The van der Waals surface area contributed by atoms with Crippen LogP contribution in [0.4, 0.5) is 0 Å². The molecule has 0 atom stereocenters. The molecule has 5 heteroatoms. The Kier molecular flexibility index (Phi) is 7.10. The van der Waals surface area contributed by atoms with Gasteiger partial charge in [-0.1, -0.05) is 81.4 Å². The lowest BCUT2D eigenvalue weighted by atomic mass is 10.2. The molecule has 4 nitrogen and oxygen atoms in total. The summed E-state index contributed by atoms with van der Waals surface area (Å²) in [7, 11) is -2.75. The zero-order valence-electron chi connectivity index (χ0n) is 16.5. The van der Waals surface area contributed by atoms with Crippen LogP contribution >= 0.6 is 0 Å². The lowest BCUT2D eigenvalue weighted by molar-refractivity contribution is -0.146. The fraction of sp³-hybridized carbons (Fsp3) is 0.364. The van der Waals surface area contributed by atoms with E-state index in [2.05, 4.69) is 45.0 Å². The van der Waals surface area contributed by atoms with E-state index in [1.54, 1.807) is 6.92 Å². The summed E-state index contributed by atoms with van der Waals surface area (Å²) < 4.78 is 11.4. The summed E-state index contributed by atoms with van der Waals surface area (Å²) in [5.41, 5.74) is 0. The van der Waals surface area contributed by atoms with Crippen LogP contribution in [0.1, 0.15) is 34.1 Å². The first-order chi connectivity index (χ1) is 12.8. The smallest absolute Gasteiger partial charge is 0.313 e. The summed E-state index contributed by atoms with van der Waals surface area (Å²) in [4.78, 5) is 24.0. The van der Waals surface area contributed by atoms with Gasteiger partial charge in [0, 0.05) is 0 Å². The molecule has 0 N–H and O–H groups in total. The Bertz CT molecular complexity index is 711. The lowest BCUT2D eigenvalue weighted by Crippen LogP contribution is -2.67. The Balaban J connectivity index is 2.41. The topological polar surface area (TPSA) is 52.6 Å². The van der Waals surface area contributed by atoms with E-state index in [9.17, 15) is 9.59 Å². The maximum atomic E-state index is 12.4. The van der Waals surface area contributed by atoms with Gasteiger partial charge in [-0.2, -0.15) is 0 Å². The van der Waals surface area contributed by atoms with Crippen molar-refractivity contribution in [3.63, 3.8) is 0 Å². The lowest BCUT2D eigenvalue weighted by Gasteiger charge is -2.42. The van der Waals surface area contributed by atoms with Gasteiger partial charge >= 0.3 is 5.97 Å². The van der Waals surface area contributed by atoms with E-state index < -0.39 is 14.3 Å². The van der Waals surface area contributed by atoms with Gasteiger partial charge in [-0.05, 0) is 22.3 Å². The number of rotatable bonds is 8. The Morgan fingerprint density at radius 2 is 1.37 bits per heavy atom. The van der Waals surface area contributed by atoms with Gasteiger partial charge in [-0.3, -0.25) is 9.59 Å². The molecule has 0 aliphatic heterocycles. The number of carbonyl (C=O) groups is 2. The molecule has 144 valence electrons. The van der Waals surface area contributed by atoms with Crippen LogP contribution < -0.4 is 10.4 Å². The molecule has 0 unspecified atom stereocenters. The van der Waals surface area contributed by atoms with E-state index in [4.69, 9.17) is 9.16 Å². The second-order valence-corrected chi connectivity index (χ2v) is 11.8. The number of ketones is 1. The van der Waals surface area contributed by atoms with Crippen LogP contribution in [0.5, 0.6) is 0 Å². The van der Waals surface area contributed by atoms with Gasteiger partial charge < -0.3 is 9.16 Å². The molecule has 0 saturated carbocycles. The molecule has 0 radical (unpaired) electrons. The number of ether oxygens (including phenoxy) is 1. The van der Waals surface area contributed by atoms with E-state index in [1.807, 2.05) is 36.4 Å². The van der Waals surface area contributed by atoms with E-state index in [-0.39, 0.29) is 30.5 Å². The van der Waals surface area contributed by atoms with Crippen LogP contribution in [-0.4, -0.2) is 33.3 Å². The molecule has 0 spiro atoms. The van der Waals surface area contributed by atoms with Gasteiger partial charge in [0.1, 0.15) is 6.42 Å². The van der Waals surface area contributed by atoms with Crippen molar-refractivity contribution in [1.29, 1.82) is 0 Å². The average molecular weight is 385 g/mol. The van der Waals surface area contributed by atoms with Gasteiger partial charge in [0.15, 0.2) is 5.78 Å². The van der Waals surface area contributed by atoms with Crippen LogP contribution in [0.2, 0.25) is 5.04 Å². The molecule has 0 aliphatic carbocycles. The molecular weight excluding hydrogens is 356 g/mol. The highest BCUT2D eigenvalue weighted by Gasteiger charge is 2.50. The van der Waals surface area contributed by atoms with Crippen molar-refractivity contribution in [2.45, 2.75) is 39.2 Å². The summed E-state index contributed by atoms with van der Waals surface area (Å²) in [5.74, 6) is -0.769. The van der Waals surface area contributed by atoms with Crippen LogP contribution in [-0.2, 0) is 18.8 Å². The van der Waals surface area contributed by atoms with Crippen molar-refractivity contribution in [2.24, 2.45) is 0 Å². The standard InChI is InChI=1S/C22H28O4Si/c1-5-25-21(24)16-18(23)17-26-27(22(2,3)4,19-12-8-6-9-13-19)20-14-10-7-11-15-20/h6-15H,5,16-17H2,1-4H3. The summed E-state index contributed by atoms with van der Waals surface area (Å²) in [6.45, 7) is 8.33. The van der Waals surface area contributed by atoms with Crippen LogP contribution in [0, 0.1) is 0 Å². The fourth-order valence-corrected chi connectivity index (χ4v) is 7.91. The zero-order valence-corrected chi connectivity index (χ0v) is 17.5. The van der Waals surface area contributed by atoms with Crippen molar-refractivity contribution in [1.82, 2.24) is 0 Å². The molecule has 0 aliphatic rings. The largest absolute Gasteiger partial charge is 0.466 e. The SMILES string of the molecule is CCOC(=O)CC(=O)CO[Si](c1ccccc1)(c1ccccc1)C(C)(C)C. The van der Waals surface area contributed by atoms with E-state index in [0.717, 1.165) is 10.4 Å². The first-order valence-electron chi connectivity index (χ1n) is 9.23. The van der Waals surface area contributed by atoms with Crippen molar-refractivity contribution < 1.29 is 18.8 Å². The molecule has 0 fully saturated rings. The third kappa shape index (κ3) is 4.93. The minimum Gasteiger partial charge on any atom is -0.466 e. The molecule has 0 heterocycles. The third-order valence-corrected chi connectivity index (χ3v) is 9.50. The second-order valence-electron chi connectivity index (χ2n) is 7.47. The average Bonchev–Trinajstić information content (AvgIpc) is 2.63. The normalized spacial score (nSPS) is 11.9. The van der Waals surface area contributed by atoms with Gasteiger partial charge in [-0.15, -0.1) is 0 Å². The first-order valence-corrected chi connectivity index (χ1v) is 11.1. The third-order valence-electron chi connectivity index (χ3n) is 4.51. The highest BCUT2D eigenvalue weighted by atomic mass is 28.4. The van der Waals surface area contributed by atoms with Gasteiger partial charge in [0.25, 0.3) is 8.32 Å². The summed E-state index contributed by atoms with van der Waals surface area (Å²) in [6.07, 6.45) is -0.258. The zero-order chi connectivity index (χ0) is 19.9. The number of carbonyl (C=O) groups excluding carboxylic acids is 2. The Morgan fingerprint density at radius 1 is 0.889 bits per heavy atom.